The van der Waals surface area contributed by atoms with E-state index in [0.29, 0.717) is 5.56 Å². The molecule has 0 fully saturated rings. The van der Waals surface area contributed by atoms with Crippen LogP contribution in [0.3, 0.4) is 0 Å². The van der Waals surface area contributed by atoms with Crippen LogP contribution in [0.2, 0.25) is 0 Å². The number of hydrogen-bond acceptors (Lipinski definition) is 3. The predicted molar refractivity (Wildman–Crippen MR) is 89.4 cm³/mol. The van der Waals surface area contributed by atoms with Gasteiger partial charge in [-0.25, -0.2) is 5.43 Å². The monoisotopic (exact) mass is 358 g/mol. The zero-order valence-electron chi connectivity index (χ0n) is 12.0. The molecule has 1 amide bonds. The van der Waals surface area contributed by atoms with Crippen LogP contribution in [0.25, 0.3) is 0 Å². The maximum Gasteiger partial charge on any atom is 0.271 e. The molecule has 22 heavy (non-hydrogen) atoms. The first kappa shape index (κ1) is 14.8. The van der Waals surface area contributed by atoms with Crippen molar-refractivity contribution in [1.82, 2.24) is 5.43 Å². The minimum Gasteiger partial charge on any atom is -0.490 e. The molecular weight excluding hydrogens is 344 g/mol. The molecule has 1 heterocycles. The van der Waals surface area contributed by atoms with E-state index in [2.05, 4.69) is 26.5 Å². The number of ether oxygens (including phenoxy) is 1. The highest BCUT2D eigenvalue weighted by molar-refractivity contribution is 9.10. The van der Waals surface area contributed by atoms with Crippen LogP contribution < -0.4 is 10.2 Å². The molecule has 0 aliphatic carbocycles. The third kappa shape index (κ3) is 3.36. The number of nitrogens with one attached hydrogen (secondary N) is 1. The molecule has 2 aromatic rings. The van der Waals surface area contributed by atoms with Gasteiger partial charge in [-0.2, -0.15) is 5.10 Å². The van der Waals surface area contributed by atoms with Crippen LogP contribution in [-0.2, 0) is 6.42 Å². The summed E-state index contributed by atoms with van der Waals surface area (Å²) in [7, 11) is 0. The van der Waals surface area contributed by atoms with E-state index in [1.165, 1.54) is 5.56 Å². The van der Waals surface area contributed by atoms with Gasteiger partial charge in [0.1, 0.15) is 11.9 Å². The number of carbonyl (C=O) groups excluding carboxylic acids is 1. The minimum absolute atomic E-state index is 0.222. The van der Waals surface area contributed by atoms with E-state index in [4.69, 9.17) is 4.74 Å². The second-order valence-corrected chi connectivity index (χ2v) is 6.12. The first-order valence-corrected chi connectivity index (χ1v) is 7.79. The summed E-state index contributed by atoms with van der Waals surface area (Å²) in [5, 5.41) is 4.01. The molecule has 2 aromatic carbocycles. The number of rotatable bonds is 3. The Morgan fingerprint density at radius 3 is 2.86 bits per heavy atom. The molecule has 0 saturated carbocycles. The SMILES string of the molecule is C[C@H]1Cc2cc(/C=N/NC(=O)c3ccc(Br)cc3)ccc2O1. The van der Waals surface area contributed by atoms with E-state index in [-0.39, 0.29) is 12.0 Å². The summed E-state index contributed by atoms with van der Waals surface area (Å²) in [6, 6.07) is 13.0. The van der Waals surface area contributed by atoms with Crippen LogP contribution in [0.5, 0.6) is 5.75 Å². The maximum atomic E-state index is 11.9. The van der Waals surface area contributed by atoms with Crippen molar-refractivity contribution in [1.29, 1.82) is 0 Å². The topological polar surface area (TPSA) is 50.7 Å². The Balaban J connectivity index is 1.64. The van der Waals surface area contributed by atoms with Crippen molar-refractivity contribution >= 4 is 28.1 Å². The molecule has 1 aliphatic heterocycles. The average Bonchev–Trinajstić information content (AvgIpc) is 2.87. The predicted octanol–water partition coefficient (Wildman–Crippen LogP) is 3.54. The number of fused-ring (bicyclic) bond motifs is 1. The fourth-order valence-electron chi connectivity index (χ4n) is 2.35. The molecule has 112 valence electrons. The summed E-state index contributed by atoms with van der Waals surface area (Å²) in [6.45, 7) is 2.05. The largest absolute Gasteiger partial charge is 0.490 e. The lowest BCUT2D eigenvalue weighted by atomic mass is 10.1. The maximum absolute atomic E-state index is 11.9. The summed E-state index contributed by atoms with van der Waals surface area (Å²) in [4.78, 5) is 11.9. The third-order valence-corrected chi connectivity index (χ3v) is 3.93. The van der Waals surface area contributed by atoms with Gasteiger partial charge in [0.15, 0.2) is 0 Å². The molecule has 5 heteroatoms. The number of carbonyl (C=O) groups is 1. The van der Waals surface area contributed by atoms with Gasteiger partial charge in [0, 0.05) is 16.5 Å². The molecule has 1 aliphatic rings. The van der Waals surface area contributed by atoms with Gasteiger partial charge >= 0.3 is 0 Å². The smallest absolute Gasteiger partial charge is 0.271 e. The molecule has 0 spiro atoms. The lowest BCUT2D eigenvalue weighted by Crippen LogP contribution is -2.17. The molecule has 0 aromatic heterocycles. The van der Waals surface area contributed by atoms with Crippen LogP contribution in [-0.4, -0.2) is 18.2 Å². The van der Waals surface area contributed by atoms with Gasteiger partial charge in [-0.15, -0.1) is 0 Å². The molecule has 0 saturated heterocycles. The Morgan fingerprint density at radius 2 is 2.09 bits per heavy atom. The number of benzene rings is 2. The van der Waals surface area contributed by atoms with Crippen molar-refractivity contribution in [3.05, 3.63) is 63.6 Å². The standard InChI is InChI=1S/C17H15BrN2O2/c1-11-8-14-9-12(2-7-16(14)22-11)10-19-20-17(21)13-3-5-15(18)6-4-13/h2-7,9-11H,8H2,1H3,(H,20,21)/b19-10+/t11-/m0/s1. The van der Waals surface area contributed by atoms with Gasteiger partial charge in [-0.3, -0.25) is 4.79 Å². The first-order chi connectivity index (χ1) is 10.6. The van der Waals surface area contributed by atoms with Crippen molar-refractivity contribution in [2.24, 2.45) is 5.10 Å². The summed E-state index contributed by atoms with van der Waals surface area (Å²) in [5.74, 6) is 0.699. The van der Waals surface area contributed by atoms with Crippen LogP contribution in [0, 0.1) is 0 Å². The second kappa shape index (κ2) is 6.32. The lowest BCUT2D eigenvalue weighted by Gasteiger charge is -2.02. The van der Waals surface area contributed by atoms with Gasteiger partial charge in [-0.05, 0) is 60.5 Å². The Bertz CT molecular complexity index is 726. The van der Waals surface area contributed by atoms with Crippen molar-refractivity contribution in [3.63, 3.8) is 0 Å². The molecule has 3 rings (SSSR count). The average molecular weight is 359 g/mol. The van der Waals surface area contributed by atoms with Crippen LogP contribution in [0.4, 0.5) is 0 Å². The van der Waals surface area contributed by atoms with Crippen molar-refractivity contribution in [2.45, 2.75) is 19.4 Å². The first-order valence-electron chi connectivity index (χ1n) is 7.00. The van der Waals surface area contributed by atoms with Gasteiger partial charge in [-0.1, -0.05) is 15.9 Å². The van der Waals surface area contributed by atoms with Crippen LogP contribution in [0.1, 0.15) is 28.4 Å². The van der Waals surface area contributed by atoms with Crippen molar-refractivity contribution < 1.29 is 9.53 Å². The Labute approximate surface area is 137 Å². The molecule has 0 bridgehead atoms. The molecule has 1 N–H and O–H groups in total. The Morgan fingerprint density at radius 1 is 1.32 bits per heavy atom. The summed E-state index contributed by atoms with van der Waals surface area (Å²) in [6.07, 6.45) is 2.77. The Hall–Kier alpha value is -2.14. The highest BCUT2D eigenvalue weighted by Crippen LogP contribution is 2.28. The zero-order valence-corrected chi connectivity index (χ0v) is 13.6. The normalized spacial score (nSPS) is 16.4. The summed E-state index contributed by atoms with van der Waals surface area (Å²) in [5.41, 5.74) is 5.21. The molecule has 1 atom stereocenters. The van der Waals surface area contributed by atoms with E-state index >= 15 is 0 Å². The van der Waals surface area contributed by atoms with Crippen molar-refractivity contribution in [3.8, 4) is 5.75 Å². The third-order valence-electron chi connectivity index (χ3n) is 3.41. The van der Waals surface area contributed by atoms with Gasteiger partial charge in [0.25, 0.3) is 5.91 Å². The summed E-state index contributed by atoms with van der Waals surface area (Å²) >= 11 is 3.33. The lowest BCUT2D eigenvalue weighted by molar-refractivity contribution is 0.0955. The Kier molecular flexibility index (Phi) is 4.24. The fourth-order valence-corrected chi connectivity index (χ4v) is 2.62. The van der Waals surface area contributed by atoms with Gasteiger partial charge in [0.05, 0.1) is 6.21 Å². The molecular formula is C17H15BrN2O2. The minimum atomic E-state index is -0.234. The van der Waals surface area contributed by atoms with Gasteiger partial charge < -0.3 is 4.74 Å². The van der Waals surface area contributed by atoms with E-state index in [1.54, 1.807) is 18.3 Å². The van der Waals surface area contributed by atoms with Crippen LogP contribution >= 0.6 is 15.9 Å². The number of halogens is 1. The molecule has 0 unspecified atom stereocenters. The van der Waals surface area contributed by atoms with E-state index < -0.39 is 0 Å². The number of hydrogen-bond donors (Lipinski definition) is 1. The fraction of sp³-hybridized carbons (Fsp3) is 0.176. The summed E-state index contributed by atoms with van der Waals surface area (Å²) < 4.78 is 6.59. The van der Waals surface area contributed by atoms with E-state index in [1.807, 2.05) is 37.3 Å². The highest BCUT2D eigenvalue weighted by atomic mass is 79.9. The number of nitrogens with zero attached hydrogens (tertiary/aromatic N) is 1. The van der Waals surface area contributed by atoms with Gasteiger partial charge in [0.2, 0.25) is 0 Å². The van der Waals surface area contributed by atoms with E-state index in [0.717, 1.165) is 22.2 Å². The molecule has 4 nitrogen and oxygen atoms in total. The van der Waals surface area contributed by atoms with E-state index in [9.17, 15) is 4.79 Å². The number of amides is 1. The molecule has 0 radical (unpaired) electrons. The number of hydrazone groups is 1. The zero-order chi connectivity index (χ0) is 15.5. The van der Waals surface area contributed by atoms with Crippen LogP contribution in [0.15, 0.2) is 52.0 Å². The second-order valence-electron chi connectivity index (χ2n) is 5.21. The highest BCUT2D eigenvalue weighted by Gasteiger charge is 2.18. The quantitative estimate of drug-likeness (QED) is 0.673. The van der Waals surface area contributed by atoms with Crippen molar-refractivity contribution in [2.75, 3.05) is 0 Å².